The van der Waals surface area contributed by atoms with Crippen LogP contribution in [0.25, 0.3) is 0 Å². The Morgan fingerprint density at radius 2 is 2.00 bits per heavy atom. The number of aliphatic hydroxyl groups is 1. The van der Waals surface area contributed by atoms with Crippen molar-refractivity contribution < 1.29 is 10.0 Å². The van der Waals surface area contributed by atoms with E-state index in [4.69, 9.17) is 28.3 Å². The van der Waals surface area contributed by atoms with Crippen LogP contribution in [0, 0.1) is 16.0 Å². The molecule has 7 heteroatoms. The molecule has 1 aromatic rings. The van der Waals surface area contributed by atoms with E-state index >= 15 is 0 Å². The molecule has 0 spiro atoms. The summed E-state index contributed by atoms with van der Waals surface area (Å²) in [5, 5.41) is 23.0. The van der Waals surface area contributed by atoms with Crippen LogP contribution in [0.5, 0.6) is 0 Å². The van der Waals surface area contributed by atoms with E-state index < -0.39 is 4.92 Å². The quantitative estimate of drug-likeness (QED) is 0.457. The zero-order chi connectivity index (χ0) is 14.4. The summed E-state index contributed by atoms with van der Waals surface area (Å²) >= 11 is 11.9. The monoisotopic (exact) mass is 306 g/mol. The van der Waals surface area contributed by atoms with Crippen molar-refractivity contribution >= 4 is 34.6 Å². The first-order valence-electron chi connectivity index (χ1n) is 5.94. The molecule has 0 amide bonds. The molecule has 0 bridgehead atoms. The molecule has 0 aromatic heterocycles. The van der Waals surface area contributed by atoms with Gasteiger partial charge in [0.1, 0.15) is 0 Å². The minimum atomic E-state index is -0.537. The fourth-order valence-electron chi connectivity index (χ4n) is 1.59. The zero-order valence-electron chi connectivity index (χ0n) is 10.5. The van der Waals surface area contributed by atoms with Crippen molar-refractivity contribution in [3.8, 4) is 0 Å². The minimum Gasteiger partial charge on any atom is -0.396 e. The van der Waals surface area contributed by atoms with Crippen molar-refractivity contribution in [3.63, 3.8) is 0 Å². The molecule has 0 radical (unpaired) electrons. The van der Waals surface area contributed by atoms with Gasteiger partial charge in [0, 0.05) is 25.3 Å². The Kier molecular flexibility index (Phi) is 6.34. The lowest BCUT2D eigenvalue weighted by molar-refractivity contribution is -0.384. The summed E-state index contributed by atoms with van der Waals surface area (Å²) in [6, 6.07) is 2.54. The predicted molar refractivity (Wildman–Crippen MR) is 77.1 cm³/mol. The van der Waals surface area contributed by atoms with E-state index in [1.807, 2.05) is 6.92 Å². The topological polar surface area (TPSA) is 75.4 Å². The second-order valence-corrected chi connectivity index (χ2v) is 5.21. The Morgan fingerprint density at radius 1 is 1.42 bits per heavy atom. The summed E-state index contributed by atoms with van der Waals surface area (Å²) in [6.07, 6.45) is 1.73. The molecule has 0 aliphatic rings. The molecule has 106 valence electrons. The normalized spacial score (nSPS) is 12.2. The number of non-ortho nitro benzene ring substituents is 1. The number of anilines is 1. The van der Waals surface area contributed by atoms with Gasteiger partial charge in [0.15, 0.2) is 0 Å². The molecule has 0 heterocycles. The Hall–Kier alpha value is -1.04. The van der Waals surface area contributed by atoms with Gasteiger partial charge in [-0.1, -0.05) is 30.1 Å². The Labute approximate surface area is 121 Å². The van der Waals surface area contributed by atoms with E-state index in [9.17, 15) is 10.1 Å². The van der Waals surface area contributed by atoms with E-state index in [1.165, 1.54) is 12.1 Å². The number of nitro benzene ring substituents is 1. The van der Waals surface area contributed by atoms with Crippen LogP contribution < -0.4 is 5.32 Å². The Morgan fingerprint density at radius 3 is 2.47 bits per heavy atom. The molecule has 2 N–H and O–H groups in total. The SMILES string of the molecule is CC(CO)CCCNc1c(Cl)cc([N+](=O)[O-])cc1Cl. The number of halogens is 2. The van der Waals surface area contributed by atoms with Gasteiger partial charge in [0.2, 0.25) is 0 Å². The van der Waals surface area contributed by atoms with Gasteiger partial charge in [-0.15, -0.1) is 0 Å². The van der Waals surface area contributed by atoms with Crippen LogP contribution in [0.3, 0.4) is 0 Å². The van der Waals surface area contributed by atoms with Crippen molar-refractivity contribution in [1.82, 2.24) is 0 Å². The average Bonchev–Trinajstić information content (AvgIpc) is 2.36. The van der Waals surface area contributed by atoms with E-state index in [2.05, 4.69) is 5.32 Å². The number of rotatable bonds is 7. The molecule has 1 aromatic carbocycles. The van der Waals surface area contributed by atoms with Crippen LogP contribution in [0.1, 0.15) is 19.8 Å². The van der Waals surface area contributed by atoms with Crippen LogP contribution in [0.15, 0.2) is 12.1 Å². The number of aliphatic hydroxyl groups excluding tert-OH is 1. The lowest BCUT2D eigenvalue weighted by atomic mass is 10.1. The molecule has 1 atom stereocenters. The molecular weight excluding hydrogens is 291 g/mol. The molecule has 0 aliphatic carbocycles. The Balaban J connectivity index is 2.62. The number of hydrogen-bond acceptors (Lipinski definition) is 4. The molecular formula is C12H16Cl2N2O3. The van der Waals surface area contributed by atoms with Crippen molar-refractivity contribution in [2.75, 3.05) is 18.5 Å². The third-order valence-electron chi connectivity index (χ3n) is 2.72. The number of nitrogens with one attached hydrogen (secondary N) is 1. The van der Waals surface area contributed by atoms with Gasteiger partial charge in [0.25, 0.3) is 5.69 Å². The highest BCUT2D eigenvalue weighted by atomic mass is 35.5. The zero-order valence-corrected chi connectivity index (χ0v) is 12.0. The summed E-state index contributed by atoms with van der Waals surface area (Å²) in [6.45, 7) is 2.77. The first-order valence-corrected chi connectivity index (χ1v) is 6.69. The van der Waals surface area contributed by atoms with Gasteiger partial charge < -0.3 is 10.4 Å². The lowest BCUT2D eigenvalue weighted by Crippen LogP contribution is -2.07. The summed E-state index contributed by atoms with van der Waals surface area (Å²) < 4.78 is 0. The molecule has 0 aliphatic heterocycles. The maximum Gasteiger partial charge on any atom is 0.272 e. The molecule has 19 heavy (non-hydrogen) atoms. The maximum absolute atomic E-state index is 10.6. The molecule has 0 fully saturated rings. The van der Waals surface area contributed by atoms with Crippen molar-refractivity contribution in [2.45, 2.75) is 19.8 Å². The summed E-state index contributed by atoms with van der Waals surface area (Å²) in [5.74, 6) is 0.254. The van der Waals surface area contributed by atoms with E-state index in [-0.39, 0.29) is 28.3 Å². The second-order valence-electron chi connectivity index (χ2n) is 4.40. The van der Waals surface area contributed by atoms with Crippen molar-refractivity contribution in [3.05, 3.63) is 32.3 Å². The maximum atomic E-state index is 10.6. The first-order chi connectivity index (χ1) is 8.95. The Bertz CT molecular complexity index is 432. The van der Waals surface area contributed by atoms with Crippen LogP contribution in [-0.4, -0.2) is 23.2 Å². The standard InChI is InChI=1S/C12H16Cl2N2O3/c1-8(7-17)3-2-4-15-12-10(13)5-9(16(18)19)6-11(12)14/h5-6,8,15,17H,2-4,7H2,1H3. The van der Waals surface area contributed by atoms with Crippen molar-refractivity contribution in [1.29, 1.82) is 0 Å². The molecule has 5 nitrogen and oxygen atoms in total. The molecule has 1 rings (SSSR count). The van der Waals surface area contributed by atoms with Crippen LogP contribution in [-0.2, 0) is 0 Å². The van der Waals surface area contributed by atoms with Gasteiger partial charge in [-0.3, -0.25) is 10.1 Å². The smallest absolute Gasteiger partial charge is 0.272 e. The highest BCUT2D eigenvalue weighted by molar-refractivity contribution is 6.39. The van der Waals surface area contributed by atoms with Gasteiger partial charge >= 0.3 is 0 Å². The van der Waals surface area contributed by atoms with E-state index in [1.54, 1.807) is 0 Å². The van der Waals surface area contributed by atoms with Crippen molar-refractivity contribution in [2.24, 2.45) is 5.92 Å². The van der Waals surface area contributed by atoms with Gasteiger partial charge in [-0.05, 0) is 18.8 Å². The number of hydrogen-bond donors (Lipinski definition) is 2. The van der Waals surface area contributed by atoms with Crippen LogP contribution in [0.2, 0.25) is 10.0 Å². The first kappa shape index (κ1) is 16.0. The summed E-state index contributed by atoms with van der Waals surface area (Å²) in [4.78, 5) is 10.1. The van der Waals surface area contributed by atoms with Gasteiger partial charge in [-0.25, -0.2) is 0 Å². The van der Waals surface area contributed by atoms with Gasteiger partial charge in [0.05, 0.1) is 20.7 Å². The molecule has 0 saturated heterocycles. The molecule has 0 saturated carbocycles. The second kappa shape index (κ2) is 7.53. The number of nitrogens with zero attached hydrogens (tertiary/aromatic N) is 1. The molecule has 1 unspecified atom stereocenters. The number of benzene rings is 1. The fraction of sp³-hybridized carbons (Fsp3) is 0.500. The summed E-state index contributed by atoms with van der Waals surface area (Å²) in [5.41, 5.74) is 0.375. The van der Waals surface area contributed by atoms with Crippen LogP contribution in [0.4, 0.5) is 11.4 Å². The van der Waals surface area contributed by atoms with Gasteiger partial charge in [-0.2, -0.15) is 0 Å². The summed E-state index contributed by atoms with van der Waals surface area (Å²) in [7, 11) is 0. The third-order valence-corrected chi connectivity index (χ3v) is 3.32. The minimum absolute atomic E-state index is 0.130. The van der Waals surface area contributed by atoms with Crippen LogP contribution >= 0.6 is 23.2 Å². The van der Waals surface area contributed by atoms with E-state index in [0.29, 0.717) is 12.2 Å². The largest absolute Gasteiger partial charge is 0.396 e. The number of nitro groups is 1. The average molecular weight is 307 g/mol. The third kappa shape index (κ3) is 4.86. The predicted octanol–water partition coefficient (Wildman–Crippen LogP) is 3.72. The fourth-order valence-corrected chi connectivity index (χ4v) is 2.20. The lowest BCUT2D eigenvalue weighted by Gasteiger charge is -2.11. The highest BCUT2D eigenvalue weighted by Crippen LogP contribution is 2.34. The highest BCUT2D eigenvalue weighted by Gasteiger charge is 2.14. The van der Waals surface area contributed by atoms with E-state index in [0.717, 1.165) is 12.8 Å².